The summed E-state index contributed by atoms with van der Waals surface area (Å²) in [6, 6.07) is 9.30. The molecule has 2 N–H and O–H groups in total. The van der Waals surface area contributed by atoms with Crippen LogP contribution in [0.5, 0.6) is 5.75 Å². The first kappa shape index (κ1) is 17.0. The molecule has 2 aromatic rings. The zero-order chi connectivity index (χ0) is 17.3. The van der Waals surface area contributed by atoms with Crippen molar-refractivity contribution in [1.82, 2.24) is 10.3 Å². The summed E-state index contributed by atoms with van der Waals surface area (Å²) in [5.41, 5.74) is 2.40. The van der Waals surface area contributed by atoms with Crippen LogP contribution in [-0.2, 0) is 0 Å². The zero-order valence-corrected chi connectivity index (χ0v) is 15.4. The third-order valence-electron chi connectivity index (χ3n) is 4.65. The molecule has 0 radical (unpaired) electrons. The molecule has 130 valence electrons. The van der Waals surface area contributed by atoms with Crippen LogP contribution in [0.2, 0.25) is 0 Å². The summed E-state index contributed by atoms with van der Waals surface area (Å²) in [6.07, 6.45) is 3.55. The van der Waals surface area contributed by atoms with Gasteiger partial charge in [0.2, 0.25) is 0 Å². The smallest absolute Gasteiger partial charge is 0.127 e. The maximum absolute atomic E-state index is 5.33. The Bertz CT molecular complexity index is 721. The fourth-order valence-electron chi connectivity index (χ4n) is 3.65. The number of aromatic nitrogens is 1. The second kappa shape index (κ2) is 6.60. The predicted octanol–water partition coefficient (Wildman–Crippen LogP) is 4.27. The number of hydrogen-bond acceptors (Lipinski definition) is 4. The summed E-state index contributed by atoms with van der Waals surface area (Å²) in [5, 5.41) is 8.53. The Kier molecular flexibility index (Phi) is 4.68. The van der Waals surface area contributed by atoms with Gasteiger partial charge in [-0.1, -0.05) is 0 Å². The molecule has 1 aliphatic carbocycles. The van der Waals surface area contributed by atoms with E-state index in [1.54, 1.807) is 7.11 Å². The number of nitrogens with zero attached hydrogens (tertiary/aromatic N) is 1. The molecule has 1 saturated carbocycles. The highest BCUT2D eigenvalue weighted by Gasteiger charge is 2.27. The van der Waals surface area contributed by atoms with Crippen molar-refractivity contribution in [3.63, 3.8) is 0 Å². The molecule has 3 rings (SSSR count). The molecule has 24 heavy (non-hydrogen) atoms. The molecule has 0 spiro atoms. The number of nitrogens with one attached hydrogen (secondary N) is 2. The third-order valence-corrected chi connectivity index (χ3v) is 4.65. The molecular formula is C20H29N3O. The van der Waals surface area contributed by atoms with Gasteiger partial charge in [0.25, 0.3) is 0 Å². The van der Waals surface area contributed by atoms with E-state index in [2.05, 4.69) is 50.5 Å². The molecule has 1 aliphatic rings. The van der Waals surface area contributed by atoms with Gasteiger partial charge in [0.15, 0.2) is 0 Å². The quantitative estimate of drug-likeness (QED) is 0.880. The van der Waals surface area contributed by atoms with Crippen molar-refractivity contribution in [2.45, 2.75) is 64.6 Å². The third kappa shape index (κ3) is 3.99. The summed E-state index contributed by atoms with van der Waals surface area (Å²) in [5.74, 6) is 1.82. The van der Waals surface area contributed by atoms with Crippen LogP contribution in [0, 0.1) is 6.92 Å². The topological polar surface area (TPSA) is 46.2 Å². The molecular weight excluding hydrogens is 298 g/mol. The second-order valence-electron chi connectivity index (χ2n) is 7.95. The first-order valence-electron chi connectivity index (χ1n) is 8.84. The van der Waals surface area contributed by atoms with Crippen molar-refractivity contribution >= 4 is 16.7 Å². The second-order valence-corrected chi connectivity index (χ2v) is 7.95. The Hall–Kier alpha value is -1.81. The SMILES string of the molecule is COc1ccc2c(C)cc(N[C@H]3CC[C@H](NC(C)(C)C)C3)nc2c1. The van der Waals surface area contributed by atoms with Gasteiger partial charge in [0, 0.05) is 29.1 Å². The number of ether oxygens (including phenoxy) is 1. The van der Waals surface area contributed by atoms with Crippen molar-refractivity contribution in [2.24, 2.45) is 0 Å². The van der Waals surface area contributed by atoms with Crippen LogP contribution in [0.3, 0.4) is 0 Å². The lowest BCUT2D eigenvalue weighted by molar-refractivity contribution is 0.360. The van der Waals surface area contributed by atoms with Crippen LogP contribution in [-0.4, -0.2) is 29.7 Å². The fraction of sp³-hybridized carbons (Fsp3) is 0.550. The van der Waals surface area contributed by atoms with E-state index in [9.17, 15) is 0 Å². The normalized spacial score (nSPS) is 21.2. The summed E-state index contributed by atoms with van der Waals surface area (Å²) >= 11 is 0. The standard InChI is InChI=1S/C20H29N3O/c1-13-10-19(22-18-12-16(24-5)8-9-17(13)18)21-14-6-7-15(11-14)23-20(2,3)4/h8-10,12,14-15,23H,6-7,11H2,1-5H3,(H,21,22)/t14-,15-/m0/s1. The van der Waals surface area contributed by atoms with E-state index >= 15 is 0 Å². The van der Waals surface area contributed by atoms with Crippen molar-refractivity contribution in [3.8, 4) is 5.75 Å². The van der Waals surface area contributed by atoms with Crippen molar-refractivity contribution in [2.75, 3.05) is 12.4 Å². The average Bonchev–Trinajstić information content (AvgIpc) is 2.91. The number of rotatable bonds is 4. The minimum Gasteiger partial charge on any atom is -0.497 e. The first-order valence-corrected chi connectivity index (χ1v) is 8.84. The Morgan fingerprint density at radius 2 is 1.88 bits per heavy atom. The Labute approximate surface area is 145 Å². The molecule has 0 saturated heterocycles. The van der Waals surface area contributed by atoms with Gasteiger partial charge >= 0.3 is 0 Å². The van der Waals surface area contributed by atoms with Gasteiger partial charge in [-0.15, -0.1) is 0 Å². The van der Waals surface area contributed by atoms with Crippen molar-refractivity contribution < 1.29 is 4.74 Å². The maximum Gasteiger partial charge on any atom is 0.127 e. The van der Waals surface area contributed by atoms with Crippen molar-refractivity contribution in [3.05, 3.63) is 29.8 Å². The van der Waals surface area contributed by atoms with Gasteiger partial charge in [0.1, 0.15) is 11.6 Å². The molecule has 4 nitrogen and oxygen atoms in total. The van der Waals surface area contributed by atoms with E-state index < -0.39 is 0 Å². The molecule has 1 aromatic heterocycles. The van der Waals surface area contributed by atoms with Crippen LogP contribution in [0.4, 0.5) is 5.82 Å². The number of hydrogen-bond donors (Lipinski definition) is 2. The largest absolute Gasteiger partial charge is 0.497 e. The molecule has 4 heteroatoms. The lowest BCUT2D eigenvalue weighted by atomic mass is 10.1. The van der Waals surface area contributed by atoms with E-state index in [1.165, 1.54) is 23.8 Å². The summed E-state index contributed by atoms with van der Waals surface area (Å²) in [7, 11) is 1.69. The van der Waals surface area contributed by atoms with E-state index in [0.717, 1.165) is 23.5 Å². The number of benzene rings is 1. The van der Waals surface area contributed by atoms with E-state index in [4.69, 9.17) is 9.72 Å². The van der Waals surface area contributed by atoms with E-state index in [-0.39, 0.29) is 5.54 Å². The van der Waals surface area contributed by atoms with Crippen LogP contribution in [0.1, 0.15) is 45.6 Å². The lowest BCUT2D eigenvalue weighted by Gasteiger charge is -2.26. The zero-order valence-electron chi connectivity index (χ0n) is 15.4. The van der Waals surface area contributed by atoms with Crippen LogP contribution in [0.25, 0.3) is 10.9 Å². The van der Waals surface area contributed by atoms with Gasteiger partial charge in [-0.05, 0) is 70.7 Å². The highest BCUT2D eigenvalue weighted by Crippen LogP contribution is 2.27. The number of aryl methyl sites for hydroxylation is 1. The van der Waals surface area contributed by atoms with Gasteiger partial charge in [-0.25, -0.2) is 4.98 Å². The lowest BCUT2D eigenvalue weighted by Crippen LogP contribution is -2.42. The Morgan fingerprint density at radius 1 is 1.12 bits per heavy atom. The Morgan fingerprint density at radius 3 is 2.58 bits per heavy atom. The molecule has 1 heterocycles. The van der Waals surface area contributed by atoms with E-state index in [1.807, 2.05) is 12.1 Å². The van der Waals surface area contributed by atoms with Crippen LogP contribution >= 0.6 is 0 Å². The van der Waals surface area contributed by atoms with Crippen molar-refractivity contribution in [1.29, 1.82) is 0 Å². The maximum atomic E-state index is 5.33. The molecule has 0 amide bonds. The minimum atomic E-state index is 0.175. The van der Waals surface area contributed by atoms with Gasteiger partial charge in [-0.3, -0.25) is 0 Å². The number of fused-ring (bicyclic) bond motifs is 1. The molecule has 1 aromatic carbocycles. The monoisotopic (exact) mass is 327 g/mol. The highest BCUT2D eigenvalue weighted by molar-refractivity contribution is 5.85. The number of pyridine rings is 1. The van der Waals surface area contributed by atoms with Crippen LogP contribution in [0.15, 0.2) is 24.3 Å². The van der Waals surface area contributed by atoms with Crippen LogP contribution < -0.4 is 15.4 Å². The molecule has 0 unspecified atom stereocenters. The molecule has 1 fully saturated rings. The average molecular weight is 327 g/mol. The minimum absolute atomic E-state index is 0.175. The van der Waals surface area contributed by atoms with Gasteiger partial charge in [-0.2, -0.15) is 0 Å². The summed E-state index contributed by atoms with van der Waals surface area (Å²) < 4.78 is 5.33. The molecule has 0 bridgehead atoms. The molecule has 2 atom stereocenters. The Balaban J connectivity index is 1.74. The van der Waals surface area contributed by atoms with Gasteiger partial charge < -0.3 is 15.4 Å². The summed E-state index contributed by atoms with van der Waals surface area (Å²) in [4.78, 5) is 4.80. The number of anilines is 1. The molecule has 0 aliphatic heterocycles. The number of methoxy groups -OCH3 is 1. The van der Waals surface area contributed by atoms with E-state index in [0.29, 0.717) is 12.1 Å². The predicted molar refractivity (Wildman–Crippen MR) is 101 cm³/mol. The summed E-state index contributed by atoms with van der Waals surface area (Å²) in [6.45, 7) is 8.83. The fourth-order valence-corrected chi connectivity index (χ4v) is 3.65. The van der Waals surface area contributed by atoms with Gasteiger partial charge in [0.05, 0.1) is 12.6 Å². The first-order chi connectivity index (χ1) is 11.3. The highest BCUT2D eigenvalue weighted by atomic mass is 16.5.